The van der Waals surface area contributed by atoms with Gasteiger partial charge in [-0.25, -0.2) is 12.8 Å². The lowest BCUT2D eigenvalue weighted by Gasteiger charge is -2.33. The number of ether oxygens (including phenoxy) is 2. The molecular formula is C33H33BrFN3O6S. The molecule has 9 nitrogen and oxygen atoms in total. The summed E-state index contributed by atoms with van der Waals surface area (Å²) >= 11 is 3.45. The molecule has 236 valence electrons. The summed E-state index contributed by atoms with van der Waals surface area (Å²) in [5.74, 6) is -1.16. The third-order valence-corrected chi connectivity index (χ3v) is 9.36. The molecule has 4 aromatic carbocycles. The van der Waals surface area contributed by atoms with E-state index in [4.69, 9.17) is 9.47 Å². The van der Waals surface area contributed by atoms with Crippen LogP contribution in [0, 0.1) is 5.82 Å². The number of amides is 2. The molecule has 0 aliphatic heterocycles. The highest BCUT2D eigenvalue weighted by molar-refractivity contribution is 9.10. The van der Waals surface area contributed by atoms with Crippen molar-refractivity contribution in [2.75, 3.05) is 32.1 Å². The number of nitrogens with one attached hydrogen (secondary N) is 1. The molecule has 4 rings (SSSR count). The van der Waals surface area contributed by atoms with Gasteiger partial charge in [-0.1, -0.05) is 58.4 Å². The first kappa shape index (κ1) is 33.5. The number of benzene rings is 4. The lowest BCUT2D eigenvalue weighted by molar-refractivity contribution is -0.139. The highest BCUT2D eigenvalue weighted by Crippen LogP contribution is 2.32. The Labute approximate surface area is 270 Å². The standard InChI is InChI=1S/C33H33BrFN3O6S/c1-36-33(40)29(19-23-8-5-4-6-9-23)37(21-24-10-7-11-25(34)18-24)32(39)22-38(27-14-12-26(35)13-15-27)45(41,42)28-16-17-30(43-2)31(20-28)44-3/h4-18,20,29H,19,21-22H2,1-3H3,(H,36,40)/t29-/m1/s1. The number of halogens is 2. The summed E-state index contributed by atoms with van der Waals surface area (Å²) in [7, 11) is -0.142. The van der Waals surface area contributed by atoms with Crippen LogP contribution in [0.5, 0.6) is 11.5 Å². The minimum Gasteiger partial charge on any atom is -0.493 e. The molecular weight excluding hydrogens is 665 g/mol. The first-order valence-corrected chi connectivity index (χ1v) is 16.1. The van der Waals surface area contributed by atoms with Gasteiger partial charge in [-0.2, -0.15) is 0 Å². The maximum Gasteiger partial charge on any atom is 0.264 e. The van der Waals surface area contributed by atoms with Crippen molar-refractivity contribution in [2.45, 2.75) is 23.9 Å². The van der Waals surface area contributed by atoms with E-state index in [1.807, 2.05) is 48.5 Å². The summed E-state index contributed by atoms with van der Waals surface area (Å²) in [5, 5.41) is 2.65. The Morgan fingerprint density at radius 3 is 2.16 bits per heavy atom. The number of anilines is 1. The topological polar surface area (TPSA) is 105 Å². The molecule has 2 amide bonds. The fourth-order valence-corrected chi connectivity index (χ4v) is 6.67. The van der Waals surface area contributed by atoms with Crippen molar-refractivity contribution in [1.82, 2.24) is 10.2 Å². The first-order chi connectivity index (χ1) is 21.6. The molecule has 0 aliphatic carbocycles. The zero-order valence-corrected chi connectivity index (χ0v) is 27.3. The van der Waals surface area contributed by atoms with Crippen LogP contribution in [0.25, 0.3) is 0 Å². The third-order valence-electron chi connectivity index (χ3n) is 7.10. The molecule has 0 saturated heterocycles. The second kappa shape index (κ2) is 15.0. The molecule has 0 bridgehead atoms. The van der Waals surface area contributed by atoms with Crippen molar-refractivity contribution in [3.8, 4) is 11.5 Å². The second-order valence-corrected chi connectivity index (χ2v) is 12.8. The zero-order chi connectivity index (χ0) is 32.6. The lowest BCUT2D eigenvalue weighted by atomic mass is 10.0. The molecule has 0 aromatic heterocycles. The number of methoxy groups -OCH3 is 2. The van der Waals surface area contributed by atoms with Gasteiger partial charge in [-0.05, 0) is 59.7 Å². The highest BCUT2D eigenvalue weighted by atomic mass is 79.9. The van der Waals surface area contributed by atoms with Crippen LogP contribution in [0.15, 0.2) is 106 Å². The first-order valence-electron chi connectivity index (χ1n) is 13.9. The van der Waals surface area contributed by atoms with Gasteiger partial charge in [0.2, 0.25) is 11.8 Å². The van der Waals surface area contributed by atoms with Gasteiger partial charge in [0.05, 0.1) is 24.8 Å². The summed E-state index contributed by atoms with van der Waals surface area (Å²) in [6, 6.07) is 24.4. The molecule has 1 atom stereocenters. The van der Waals surface area contributed by atoms with E-state index in [1.54, 1.807) is 6.07 Å². The molecule has 0 fully saturated rings. The monoisotopic (exact) mass is 697 g/mol. The summed E-state index contributed by atoms with van der Waals surface area (Å²) in [6.07, 6.45) is 0.180. The average Bonchev–Trinajstić information content (AvgIpc) is 3.05. The average molecular weight is 699 g/mol. The van der Waals surface area contributed by atoms with Crippen LogP contribution in [0.3, 0.4) is 0 Å². The van der Waals surface area contributed by atoms with Gasteiger partial charge in [-0.3, -0.25) is 13.9 Å². The van der Waals surface area contributed by atoms with Gasteiger partial charge in [0.15, 0.2) is 11.5 Å². The van der Waals surface area contributed by atoms with Gasteiger partial charge in [0.1, 0.15) is 18.4 Å². The Morgan fingerprint density at radius 1 is 0.867 bits per heavy atom. The van der Waals surface area contributed by atoms with Crippen molar-refractivity contribution in [2.24, 2.45) is 0 Å². The number of nitrogens with zero attached hydrogens (tertiary/aromatic N) is 2. The molecule has 0 heterocycles. The van der Waals surface area contributed by atoms with E-state index in [2.05, 4.69) is 21.2 Å². The van der Waals surface area contributed by atoms with Crippen molar-refractivity contribution >= 4 is 43.5 Å². The van der Waals surface area contributed by atoms with Gasteiger partial charge < -0.3 is 19.7 Å². The number of carbonyl (C=O) groups excluding carboxylic acids is 2. The molecule has 0 saturated carbocycles. The van der Waals surface area contributed by atoms with Crippen molar-refractivity contribution in [3.05, 3.63) is 118 Å². The fourth-order valence-electron chi connectivity index (χ4n) is 4.79. The van der Waals surface area contributed by atoms with E-state index in [9.17, 15) is 22.4 Å². The number of hydrogen-bond acceptors (Lipinski definition) is 6. The van der Waals surface area contributed by atoms with Gasteiger partial charge in [0.25, 0.3) is 10.0 Å². The second-order valence-electron chi connectivity index (χ2n) is 9.98. The van der Waals surface area contributed by atoms with Crippen molar-refractivity contribution < 1.29 is 31.9 Å². The van der Waals surface area contributed by atoms with E-state index in [-0.39, 0.29) is 29.3 Å². The van der Waals surface area contributed by atoms with Crippen LogP contribution in [0.4, 0.5) is 10.1 Å². The third kappa shape index (κ3) is 8.20. The van der Waals surface area contributed by atoms with E-state index >= 15 is 0 Å². The quantitative estimate of drug-likeness (QED) is 0.206. The molecule has 12 heteroatoms. The van der Waals surface area contributed by atoms with E-state index in [1.165, 1.54) is 56.5 Å². The Kier molecular flexibility index (Phi) is 11.2. The van der Waals surface area contributed by atoms with Gasteiger partial charge in [-0.15, -0.1) is 0 Å². The molecule has 4 aromatic rings. The van der Waals surface area contributed by atoms with E-state index in [0.717, 1.165) is 32.0 Å². The molecule has 45 heavy (non-hydrogen) atoms. The van der Waals surface area contributed by atoms with E-state index < -0.39 is 40.2 Å². The Balaban J connectivity index is 1.81. The number of rotatable bonds is 13. The Hall–Kier alpha value is -4.42. The molecule has 0 unspecified atom stereocenters. The SMILES string of the molecule is CNC(=O)[C@@H](Cc1ccccc1)N(Cc1cccc(Br)c1)C(=O)CN(c1ccc(F)cc1)S(=O)(=O)c1ccc(OC)c(OC)c1. The summed E-state index contributed by atoms with van der Waals surface area (Å²) < 4.78 is 54.5. The van der Waals surface area contributed by atoms with Crippen LogP contribution in [-0.4, -0.2) is 59.0 Å². The Morgan fingerprint density at radius 2 is 1.53 bits per heavy atom. The maximum atomic E-state index is 14.3. The largest absolute Gasteiger partial charge is 0.493 e. The predicted octanol–water partition coefficient (Wildman–Crippen LogP) is 5.19. The number of hydrogen-bond donors (Lipinski definition) is 1. The normalized spacial score (nSPS) is 11.8. The molecule has 0 radical (unpaired) electrons. The molecule has 0 spiro atoms. The number of carbonyl (C=O) groups is 2. The zero-order valence-electron chi connectivity index (χ0n) is 24.9. The van der Waals surface area contributed by atoms with Gasteiger partial charge in [0, 0.05) is 30.6 Å². The summed E-state index contributed by atoms with van der Waals surface area (Å²) in [6.45, 7) is -0.671. The fraction of sp³-hybridized carbons (Fsp3) is 0.212. The minimum absolute atomic E-state index is 0.0108. The Bertz CT molecular complexity index is 1740. The minimum atomic E-state index is -4.42. The highest BCUT2D eigenvalue weighted by Gasteiger charge is 2.34. The van der Waals surface area contributed by atoms with Crippen LogP contribution < -0.4 is 19.1 Å². The summed E-state index contributed by atoms with van der Waals surface area (Å²) in [5.41, 5.74) is 1.59. The van der Waals surface area contributed by atoms with Crippen LogP contribution in [-0.2, 0) is 32.6 Å². The van der Waals surface area contributed by atoms with Crippen LogP contribution >= 0.6 is 15.9 Å². The van der Waals surface area contributed by atoms with Crippen LogP contribution in [0.2, 0.25) is 0 Å². The molecule has 0 aliphatic rings. The number of sulfonamides is 1. The van der Waals surface area contributed by atoms with E-state index in [0.29, 0.717) is 5.75 Å². The lowest BCUT2D eigenvalue weighted by Crippen LogP contribution is -2.53. The van der Waals surface area contributed by atoms with Crippen molar-refractivity contribution in [3.63, 3.8) is 0 Å². The predicted molar refractivity (Wildman–Crippen MR) is 173 cm³/mol. The summed E-state index contributed by atoms with van der Waals surface area (Å²) in [4.78, 5) is 28.9. The maximum absolute atomic E-state index is 14.3. The van der Waals surface area contributed by atoms with Crippen molar-refractivity contribution in [1.29, 1.82) is 0 Å². The smallest absolute Gasteiger partial charge is 0.264 e. The molecule has 1 N–H and O–H groups in total. The van der Waals surface area contributed by atoms with Crippen LogP contribution in [0.1, 0.15) is 11.1 Å². The number of likely N-dealkylation sites (N-methyl/N-ethyl adjacent to an activating group) is 1. The van der Waals surface area contributed by atoms with Gasteiger partial charge >= 0.3 is 0 Å².